The van der Waals surface area contributed by atoms with E-state index in [0.717, 1.165) is 44.9 Å². The minimum atomic E-state index is -3.61. The molecule has 2 aromatic carbocycles. The van der Waals surface area contributed by atoms with Crippen LogP contribution in [0.2, 0.25) is 0 Å². The highest BCUT2D eigenvalue weighted by Crippen LogP contribution is 2.31. The maximum Gasteiger partial charge on any atom is 0.255 e. The summed E-state index contributed by atoms with van der Waals surface area (Å²) in [4.78, 5) is 13.0. The number of nitrogens with zero attached hydrogens (tertiary/aromatic N) is 1. The second-order valence-electron chi connectivity index (χ2n) is 7.97. The Balaban J connectivity index is 1.60. The van der Waals surface area contributed by atoms with Crippen molar-refractivity contribution in [1.82, 2.24) is 4.31 Å². The number of fused-ring (bicyclic) bond motifs is 1. The Morgan fingerprint density at radius 3 is 2.40 bits per heavy atom. The van der Waals surface area contributed by atoms with Crippen molar-refractivity contribution >= 4 is 21.6 Å². The predicted molar refractivity (Wildman–Crippen MR) is 117 cm³/mol. The molecular weight excluding hydrogens is 400 g/mol. The molecule has 0 aromatic heterocycles. The maximum atomic E-state index is 13.1. The van der Waals surface area contributed by atoms with Gasteiger partial charge in [-0.05, 0) is 73.6 Å². The van der Waals surface area contributed by atoms with Gasteiger partial charge in [-0.15, -0.1) is 0 Å². The zero-order valence-electron chi connectivity index (χ0n) is 17.3. The molecule has 0 radical (unpaired) electrons. The lowest BCUT2D eigenvalue weighted by atomic mass is 10.1. The van der Waals surface area contributed by atoms with E-state index in [2.05, 4.69) is 5.32 Å². The zero-order valence-corrected chi connectivity index (χ0v) is 18.1. The number of benzene rings is 2. The number of nitrogens with one attached hydrogen (secondary N) is 1. The number of hydrogen-bond acceptors (Lipinski definition) is 4. The van der Waals surface area contributed by atoms with Crippen LogP contribution in [0.3, 0.4) is 0 Å². The first kappa shape index (κ1) is 20.9. The van der Waals surface area contributed by atoms with Crippen LogP contribution in [-0.2, 0) is 22.9 Å². The van der Waals surface area contributed by atoms with Crippen molar-refractivity contribution in [3.05, 3.63) is 53.1 Å². The lowest BCUT2D eigenvalue weighted by Gasteiger charge is -2.21. The molecule has 7 heteroatoms. The number of amides is 1. The van der Waals surface area contributed by atoms with E-state index in [4.69, 9.17) is 4.74 Å². The Morgan fingerprint density at radius 1 is 0.933 bits per heavy atom. The summed E-state index contributed by atoms with van der Waals surface area (Å²) in [5, 5.41) is 2.85. The number of aryl methyl sites for hydroxylation is 2. The van der Waals surface area contributed by atoms with Gasteiger partial charge >= 0.3 is 0 Å². The number of anilines is 1. The van der Waals surface area contributed by atoms with Crippen LogP contribution in [0, 0.1) is 0 Å². The van der Waals surface area contributed by atoms with Crippen LogP contribution in [0.5, 0.6) is 5.75 Å². The molecule has 4 rings (SSSR count). The Bertz CT molecular complexity index is 1040. The number of carbonyl (C=O) groups excluding carboxylic acids is 1. The Labute approximate surface area is 178 Å². The van der Waals surface area contributed by atoms with Crippen LogP contribution < -0.4 is 10.1 Å². The lowest BCUT2D eigenvalue weighted by molar-refractivity contribution is 0.102. The summed E-state index contributed by atoms with van der Waals surface area (Å²) in [6, 6.07) is 10.4. The van der Waals surface area contributed by atoms with Gasteiger partial charge in [0.1, 0.15) is 5.75 Å². The third-order valence-corrected chi connectivity index (χ3v) is 7.88. The van der Waals surface area contributed by atoms with Gasteiger partial charge in [-0.2, -0.15) is 4.31 Å². The summed E-state index contributed by atoms with van der Waals surface area (Å²) in [5.41, 5.74) is 3.44. The van der Waals surface area contributed by atoms with Gasteiger partial charge in [0.15, 0.2) is 0 Å². The molecule has 1 amide bonds. The van der Waals surface area contributed by atoms with Crippen molar-refractivity contribution in [3.63, 3.8) is 0 Å². The third-order valence-electron chi connectivity index (χ3n) is 5.98. The second-order valence-corrected chi connectivity index (χ2v) is 9.91. The molecule has 2 aliphatic rings. The number of ether oxygens (including phenoxy) is 1. The van der Waals surface area contributed by atoms with Crippen molar-refractivity contribution in [2.75, 3.05) is 25.5 Å². The molecule has 6 nitrogen and oxygen atoms in total. The maximum absolute atomic E-state index is 13.1. The minimum absolute atomic E-state index is 0.175. The van der Waals surface area contributed by atoms with Gasteiger partial charge in [0.25, 0.3) is 5.91 Å². The van der Waals surface area contributed by atoms with Crippen molar-refractivity contribution in [3.8, 4) is 5.75 Å². The molecule has 0 atom stereocenters. The molecular formula is C23H28N2O4S. The molecule has 0 unspecified atom stereocenters. The van der Waals surface area contributed by atoms with Crippen molar-refractivity contribution in [1.29, 1.82) is 0 Å². The molecule has 30 heavy (non-hydrogen) atoms. The van der Waals surface area contributed by atoms with Crippen molar-refractivity contribution in [2.45, 2.75) is 49.8 Å². The summed E-state index contributed by atoms with van der Waals surface area (Å²) < 4.78 is 33.2. The molecule has 1 saturated heterocycles. The molecule has 160 valence electrons. The molecule has 1 aliphatic carbocycles. The quantitative estimate of drug-likeness (QED) is 0.781. The summed E-state index contributed by atoms with van der Waals surface area (Å²) in [7, 11) is -2.11. The van der Waals surface area contributed by atoms with E-state index in [9.17, 15) is 13.2 Å². The third kappa shape index (κ3) is 4.23. The Kier molecular flexibility index (Phi) is 6.11. The number of rotatable bonds is 5. The monoisotopic (exact) mass is 428 g/mol. The SMILES string of the molecule is COc1ccc(S(=O)(=O)N2CCCCCC2)cc1NC(=O)c1ccc2c(c1)CCC2. The molecule has 0 saturated carbocycles. The van der Waals surface area contributed by atoms with E-state index in [1.807, 2.05) is 18.2 Å². The smallest absolute Gasteiger partial charge is 0.255 e. The van der Waals surface area contributed by atoms with Crippen molar-refractivity contribution < 1.29 is 17.9 Å². The van der Waals surface area contributed by atoms with Crippen molar-refractivity contribution in [2.24, 2.45) is 0 Å². The average Bonchev–Trinajstić information content (AvgIpc) is 3.04. The first-order valence-electron chi connectivity index (χ1n) is 10.6. The number of methoxy groups -OCH3 is 1. The van der Waals surface area contributed by atoms with Gasteiger partial charge in [0, 0.05) is 18.7 Å². The van der Waals surface area contributed by atoms with Crippen LogP contribution in [0.4, 0.5) is 5.69 Å². The fraction of sp³-hybridized carbons (Fsp3) is 0.435. The van der Waals surface area contributed by atoms with Crippen LogP contribution in [-0.4, -0.2) is 38.8 Å². The lowest BCUT2D eigenvalue weighted by Crippen LogP contribution is -2.32. The molecule has 0 spiro atoms. The van der Waals surface area contributed by atoms with Gasteiger partial charge in [-0.25, -0.2) is 8.42 Å². The van der Waals surface area contributed by atoms with Crippen LogP contribution in [0.15, 0.2) is 41.3 Å². The highest BCUT2D eigenvalue weighted by Gasteiger charge is 2.26. The van der Waals surface area contributed by atoms with Gasteiger partial charge in [0.2, 0.25) is 10.0 Å². The first-order valence-corrected chi connectivity index (χ1v) is 12.0. The van der Waals surface area contributed by atoms with E-state index in [1.54, 1.807) is 16.4 Å². The average molecular weight is 429 g/mol. The minimum Gasteiger partial charge on any atom is -0.495 e. The van der Waals surface area contributed by atoms with E-state index in [0.29, 0.717) is 30.1 Å². The van der Waals surface area contributed by atoms with E-state index in [1.165, 1.54) is 24.3 Å². The van der Waals surface area contributed by atoms with Gasteiger partial charge in [-0.3, -0.25) is 4.79 Å². The topological polar surface area (TPSA) is 75.7 Å². The highest BCUT2D eigenvalue weighted by molar-refractivity contribution is 7.89. The summed E-state index contributed by atoms with van der Waals surface area (Å²) >= 11 is 0. The van der Waals surface area contributed by atoms with Gasteiger partial charge in [0.05, 0.1) is 17.7 Å². The molecule has 2 aromatic rings. The first-order chi connectivity index (χ1) is 14.5. The number of hydrogen-bond donors (Lipinski definition) is 1. The van der Waals surface area contributed by atoms with E-state index >= 15 is 0 Å². The van der Waals surface area contributed by atoms with Crippen LogP contribution in [0.1, 0.15) is 53.6 Å². The normalized spacial score (nSPS) is 17.2. The molecule has 1 heterocycles. The molecule has 0 bridgehead atoms. The predicted octanol–water partition coefficient (Wildman–Crippen LogP) is 4.00. The largest absolute Gasteiger partial charge is 0.495 e. The Morgan fingerprint density at radius 2 is 1.67 bits per heavy atom. The van der Waals surface area contributed by atoms with E-state index in [-0.39, 0.29) is 10.8 Å². The fourth-order valence-electron chi connectivity index (χ4n) is 4.28. The standard InChI is InChI=1S/C23H28N2O4S/c1-29-22-12-11-20(30(27,28)25-13-4-2-3-5-14-25)16-21(22)24-23(26)19-10-9-17-7-6-8-18(17)15-19/h9-12,15-16H,2-8,13-14H2,1H3,(H,24,26). The summed E-state index contributed by atoms with van der Waals surface area (Å²) in [6.45, 7) is 1.07. The van der Waals surface area contributed by atoms with E-state index < -0.39 is 10.0 Å². The zero-order chi connectivity index (χ0) is 21.1. The highest BCUT2D eigenvalue weighted by atomic mass is 32.2. The Hall–Kier alpha value is -2.38. The second kappa shape index (κ2) is 8.78. The molecule has 1 N–H and O–H groups in total. The van der Waals surface area contributed by atoms with Crippen LogP contribution in [0.25, 0.3) is 0 Å². The summed E-state index contributed by atoms with van der Waals surface area (Å²) in [5.74, 6) is 0.159. The number of carbonyl (C=O) groups is 1. The van der Waals surface area contributed by atoms with Gasteiger partial charge in [-0.1, -0.05) is 18.9 Å². The van der Waals surface area contributed by atoms with Gasteiger partial charge < -0.3 is 10.1 Å². The van der Waals surface area contributed by atoms with Crippen LogP contribution >= 0.6 is 0 Å². The fourth-order valence-corrected chi connectivity index (χ4v) is 5.83. The molecule has 1 fully saturated rings. The molecule has 1 aliphatic heterocycles. The number of sulfonamides is 1. The summed E-state index contributed by atoms with van der Waals surface area (Å²) in [6.07, 6.45) is 7.01.